The van der Waals surface area contributed by atoms with Crippen LogP contribution in [-0.4, -0.2) is 29.8 Å². The first-order chi connectivity index (χ1) is 9.40. The first kappa shape index (κ1) is 18.1. The van der Waals surface area contributed by atoms with Crippen LogP contribution in [0.2, 0.25) is 0 Å². The SMILES string of the molecule is CC(C)(C)CC(C)(C)NS(=O)(=O)CC(O)c1cccnc1. The molecule has 1 aromatic heterocycles. The Morgan fingerprint density at radius 3 is 2.38 bits per heavy atom. The van der Waals surface area contributed by atoms with Crippen LogP contribution in [0, 0.1) is 5.41 Å². The van der Waals surface area contributed by atoms with Gasteiger partial charge in [-0.15, -0.1) is 0 Å². The van der Waals surface area contributed by atoms with Crippen LogP contribution in [0.3, 0.4) is 0 Å². The zero-order valence-electron chi connectivity index (χ0n) is 13.4. The smallest absolute Gasteiger partial charge is 0.214 e. The van der Waals surface area contributed by atoms with Crippen molar-refractivity contribution >= 4 is 10.0 Å². The number of aliphatic hydroxyl groups excluding tert-OH is 1. The first-order valence-corrected chi connectivity index (χ1v) is 8.65. The number of hydrogen-bond acceptors (Lipinski definition) is 4. The number of aromatic nitrogens is 1. The maximum Gasteiger partial charge on any atom is 0.214 e. The highest BCUT2D eigenvalue weighted by atomic mass is 32.2. The third-order valence-corrected chi connectivity index (χ3v) is 4.47. The summed E-state index contributed by atoms with van der Waals surface area (Å²) in [5, 5.41) is 10.0. The van der Waals surface area contributed by atoms with E-state index in [4.69, 9.17) is 0 Å². The molecule has 1 rings (SSSR count). The topological polar surface area (TPSA) is 79.3 Å². The Labute approximate surface area is 127 Å². The van der Waals surface area contributed by atoms with Crippen molar-refractivity contribution in [2.45, 2.75) is 52.7 Å². The standard InChI is InChI=1S/C15H26N2O3S/c1-14(2,3)11-15(4,5)17-21(19,20)10-13(18)12-7-6-8-16-9-12/h6-9,13,17-18H,10-11H2,1-5H3. The second kappa shape index (κ2) is 6.42. The maximum atomic E-state index is 12.2. The molecule has 1 atom stereocenters. The summed E-state index contributed by atoms with van der Waals surface area (Å²) < 4.78 is 27.1. The normalized spacial score (nSPS) is 15.0. The molecule has 0 aliphatic carbocycles. The lowest BCUT2D eigenvalue weighted by atomic mass is 9.82. The minimum Gasteiger partial charge on any atom is -0.387 e. The Balaban J connectivity index is 2.74. The largest absolute Gasteiger partial charge is 0.387 e. The molecule has 0 spiro atoms. The molecule has 0 saturated heterocycles. The van der Waals surface area contributed by atoms with Crippen LogP contribution in [0.1, 0.15) is 52.7 Å². The molecule has 0 aliphatic heterocycles. The highest BCUT2D eigenvalue weighted by Crippen LogP contribution is 2.27. The van der Waals surface area contributed by atoms with Gasteiger partial charge in [-0.1, -0.05) is 26.8 Å². The number of sulfonamides is 1. The van der Waals surface area contributed by atoms with Gasteiger partial charge in [-0.25, -0.2) is 13.1 Å². The van der Waals surface area contributed by atoms with Crippen LogP contribution >= 0.6 is 0 Å². The number of nitrogens with one attached hydrogen (secondary N) is 1. The number of rotatable bonds is 6. The molecule has 2 N–H and O–H groups in total. The van der Waals surface area contributed by atoms with Gasteiger partial charge < -0.3 is 5.11 Å². The van der Waals surface area contributed by atoms with E-state index in [9.17, 15) is 13.5 Å². The Morgan fingerprint density at radius 1 is 1.29 bits per heavy atom. The van der Waals surface area contributed by atoms with E-state index in [0.29, 0.717) is 12.0 Å². The van der Waals surface area contributed by atoms with Crippen LogP contribution < -0.4 is 4.72 Å². The first-order valence-electron chi connectivity index (χ1n) is 7.00. The van der Waals surface area contributed by atoms with Crippen LogP contribution in [0.25, 0.3) is 0 Å². The molecule has 0 radical (unpaired) electrons. The molecule has 0 fully saturated rings. The van der Waals surface area contributed by atoms with Crippen molar-refractivity contribution in [3.8, 4) is 0 Å². The molecular formula is C15H26N2O3S. The molecule has 0 aliphatic rings. The summed E-state index contributed by atoms with van der Waals surface area (Å²) in [5.74, 6) is -0.369. The van der Waals surface area contributed by atoms with E-state index in [2.05, 4.69) is 30.5 Å². The molecule has 1 heterocycles. The van der Waals surface area contributed by atoms with Gasteiger partial charge in [-0.2, -0.15) is 0 Å². The van der Waals surface area contributed by atoms with E-state index in [1.165, 1.54) is 6.20 Å². The van der Waals surface area contributed by atoms with Crippen LogP contribution in [0.15, 0.2) is 24.5 Å². The van der Waals surface area contributed by atoms with Gasteiger partial charge in [0.25, 0.3) is 0 Å². The Bertz CT molecular complexity index is 548. The lowest BCUT2D eigenvalue weighted by Crippen LogP contribution is -2.47. The monoisotopic (exact) mass is 314 g/mol. The van der Waals surface area contributed by atoms with Gasteiger partial charge in [0.2, 0.25) is 10.0 Å². The molecule has 6 heteroatoms. The molecule has 0 saturated carbocycles. The number of pyridine rings is 1. The van der Waals surface area contributed by atoms with Gasteiger partial charge in [0, 0.05) is 17.9 Å². The van der Waals surface area contributed by atoms with Gasteiger partial charge in [-0.3, -0.25) is 4.98 Å². The van der Waals surface area contributed by atoms with Crippen molar-refractivity contribution < 1.29 is 13.5 Å². The van der Waals surface area contributed by atoms with E-state index in [1.807, 2.05) is 13.8 Å². The predicted octanol–water partition coefficient (Wildman–Crippen LogP) is 2.25. The fraction of sp³-hybridized carbons (Fsp3) is 0.667. The Hall–Kier alpha value is -0.980. The number of nitrogens with zero attached hydrogens (tertiary/aromatic N) is 1. The highest BCUT2D eigenvalue weighted by molar-refractivity contribution is 7.89. The summed E-state index contributed by atoms with van der Waals surface area (Å²) in [6.45, 7) is 9.90. The van der Waals surface area contributed by atoms with Crippen LogP contribution in [-0.2, 0) is 10.0 Å². The molecule has 0 bridgehead atoms. The molecular weight excluding hydrogens is 288 g/mol. The van der Waals surface area contributed by atoms with Gasteiger partial charge in [0.1, 0.15) is 0 Å². The van der Waals surface area contributed by atoms with E-state index < -0.39 is 21.7 Å². The molecule has 1 aromatic rings. The van der Waals surface area contributed by atoms with Crippen LogP contribution in [0.4, 0.5) is 0 Å². The fourth-order valence-corrected chi connectivity index (χ4v) is 4.31. The molecule has 120 valence electrons. The van der Waals surface area contributed by atoms with Crippen molar-refractivity contribution in [2.24, 2.45) is 5.41 Å². The maximum absolute atomic E-state index is 12.2. The Morgan fingerprint density at radius 2 is 1.90 bits per heavy atom. The molecule has 0 aromatic carbocycles. The van der Waals surface area contributed by atoms with Crippen molar-refractivity contribution in [3.05, 3.63) is 30.1 Å². The van der Waals surface area contributed by atoms with Crippen molar-refractivity contribution in [2.75, 3.05) is 5.75 Å². The predicted molar refractivity (Wildman–Crippen MR) is 84.3 cm³/mol. The summed E-state index contributed by atoms with van der Waals surface area (Å²) in [6, 6.07) is 3.33. The zero-order valence-corrected chi connectivity index (χ0v) is 14.2. The van der Waals surface area contributed by atoms with Crippen molar-refractivity contribution in [3.63, 3.8) is 0 Å². The van der Waals surface area contributed by atoms with Crippen molar-refractivity contribution in [1.82, 2.24) is 9.71 Å². The summed E-state index contributed by atoms with van der Waals surface area (Å²) >= 11 is 0. The number of aliphatic hydroxyl groups is 1. The fourth-order valence-electron chi connectivity index (χ4n) is 2.70. The lowest BCUT2D eigenvalue weighted by molar-refractivity contribution is 0.200. The molecule has 21 heavy (non-hydrogen) atoms. The van der Waals surface area contributed by atoms with Crippen LogP contribution in [0.5, 0.6) is 0 Å². The summed E-state index contributed by atoms with van der Waals surface area (Å²) in [7, 11) is -3.59. The number of hydrogen-bond donors (Lipinski definition) is 2. The summed E-state index contributed by atoms with van der Waals surface area (Å²) in [5.41, 5.74) is -0.0591. The minimum atomic E-state index is -3.59. The second-order valence-electron chi connectivity index (χ2n) is 7.31. The highest BCUT2D eigenvalue weighted by Gasteiger charge is 2.31. The van der Waals surface area contributed by atoms with E-state index in [0.717, 1.165) is 0 Å². The summed E-state index contributed by atoms with van der Waals surface area (Å²) in [4.78, 5) is 3.88. The average molecular weight is 314 g/mol. The zero-order chi connectivity index (χ0) is 16.3. The minimum absolute atomic E-state index is 0.00792. The molecule has 1 unspecified atom stereocenters. The third kappa shape index (κ3) is 7.02. The average Bonchev–Trinajstić information content (AvgIpc) is 2.24. The summed E-state index contributed by atoms with van der Waals surface area (Å²) in [6.07, 6.45) is 2.67. The van der Waals surface area contributed by atoms with E-state index >= 15 is 0 Å². The third-order valence-electron chi connectivity index (χ3n) is 2.85. The van der Waals surface area contributed by atoms with Gasteiger partial charge in [0.05, 0.1) is 11.9 Å². The second-order valence-corrected chi connectivity index (χ2v) is 9.07. The van der Waals surface area contributed by atoms with Gasteiger partial charge >= 0.3 is 0 Å². The van der Waals surface area contributed by atoms with E-state index in [1.54, 1.807) is 18.3 Å². The Kier molecular flexibility index (Phi) is 5.52. The molecule has 5 nitrogen and oxygen atoms in total. The quantitative estimate of drug-likeness (QED) is 0.844. The molecule has 0 amide bonds. The van der Waals surface area contributed by atoms with E-state index in [-0.39, 0.29) is 11.2 Å². The van der Waals surface area contributed by atoms with Crippen molar-refractivity contribution in [1.29, 1.82) is 0 Å². The van der Waals surface area contributed by atoms with Gasteiger partial charge in [-0.05, 0) is 37.3 Å². The lowest BCUT2D eigenvalue weighted by Gasteiger charge is -2.33. The van der Waals surface area contributed by atoms with Gasteiger partial charge in [0.15, 0.2) is 0 Å².